The molecule has 1 aliphatic carbocycles. The molecule has 0 unspecified atom stereocenters. The summed E-state index contributed by atoms with van der Waals surface area (Å²) in [5.74, 6) is -1.90. The van der Waals surface area contributed by atoms with Crippen molar-refractivity contribution in [3.63, 3.8) is 0 Å². The van der Waals surface area contributed by atoms with Crippen LogP contribution in [0.15, 0.2) is 121 Å². The molecular weight excluding hydrogens is 648 g/mol. The minimum Gasteiger partial charge on any atom is -0.478 e. The molecule has 248 valence electrons. The molecule has 0 bridgehead atoms. The first-order valence-corrected chi connectivity index (χ1v) is 16.0. The van der Waals surface area contributed by atoms with Crippen molar-refractivity contribution >= 4 is 67.4 Å². The number of azo groups is 2. The number of hydrazone groups is 1. The Hall–Kier alpha value is -6.32. The Morgan fingerprint density at radius 3 is 2.04 bits per heavy atom. The van der Waals surface area contributed by atoms with Crippen LogP contribution in [0, 0.1) is 20.8 Å². The summed E-state index contributed by atoms with van der Waals surface area (Å²) in [5.41, 5.74) is 22.4. The van der Waals surface area contributed by atoms with Crippen molar-refractivity contribution < 1.29 is 27.7 Å². The van der Waals surface area contributed by atoms with E-state index in [1.165, 1.54) is 42.5 Å². The van der Waals surface area contributed by atoms with Crippen molar-refractivity contribution in [2.24, 2.45) is 25.6 Å². The van der Waals surface area contributed by atoms with Crippen LogP contribution in [0.4, 0.5) is 39.8 Å². The molecule has 0 amide bonds. The summed E-state index contributed by atoms with van der Waals surface area (Å²) < 4.78 is 31.7. The molecule has 4 aromatic rings. The van der Waals surface area contributed by atoms with Crippen molar-refractivity contribution in [3.05, 3.63) is 107 Å². The van der Waals surface area contributed by atoms with Crippen LogP contribution in [-0.4, -0.2) is 35.5 Å². The number of anilines is 3. The number of nitrogens with two attached hydrogens (primary N) is 2. The second-order valence-electron chi connectivity index (χ2n) is 11.0. The quantitative estimate of drug-likeness (QED) is 0.0295. The molecule has 49 heavy (non-hydrogen) atoms. The number of carbonyl (C=O) groups is 2. The van der Waals surface area contributed by atoms with Gasteiger partial charge in [0, 0.05) is 0 Å². The van der Waals surface area contributed by atoms with Gasteiger partial charge in [-0.25, -0.2) is 4.79 Å². The molecule has 0 aromatic heterocycles. The van der Waals surface area contributed by atoms with Crippen LogP contribution < -0.4 is 16.9 Å². The number of nitrogen functional groups attached to an aromatic ring is 2. The van der Waals surface area contributed by atoms with Crippen LogP contribution in [0.1, 0.15) is 16.7 Å². The average Bonchev–Trinajstić information content (AvgIpc) is 3.06. The van der Waals surface area contributed by atoms with E-state index in [0.717, 1.165) is 22.3 Å². The van der Waals surface area contributed by atoms with E-state index in [1.54, 1.807) is 13.0 Å². The average molecular weight is 679 g/mol. The summed E-state index contributed by atoms with van der Waals surface area (Å²) in [6, 6.07) is 18.3. The van der Waals surface area contributed by atoms with Crippen molar-refractivity contribution in [2.75, 3.05) is 16.9 Å². The molecule has 4 aromatic carbocycles. The number of carbonyl (C=O) groups excluding carboxylic acids is 1. The van der Waals surface area contributed by atoms with Gasteiger partial charge in [-0.1, -0.05) is 12.1 Å². The van der Waals surface area contributed by atoms with Crippen LogP contribution in [0.5, 0.6) is 0 Å². The molecule has 0 fully saturated rings. The predicted octanol–water partition coefficient (Wildman–Crippen LogP) is 7.44. The highest BCUT2D eigenvalue weighted by atomic mass is 32.2. The summed E-state index contributed by atoms with van der Waals surface area (Å²) in [6.07, 6.45) is 3.83. The number of aliphatic carboxylic acids is 1. The molecule has 1 aliphatic rings. The van der Waals surface area contributed by atoms with Gasteiger partial charge < -0.3 is 16.6 Å². The lowest BCUT2D eigenvalue weighted by Gasteiger charge is -2.11. The number of nitrogens with one attached hydrogen (secondary N) is 1. The Kier molecular flexibility index (Phi) is 9.59. The molecule has 5 rings (SSSR count). The van der Waals surface area contributed by atoms with Crippen LogP contribution >= 0.6 is 0 Å². The molecule has 15 heteroatoms. The maximum absolute atomic E-state index is 11.7. The Morgan fingerprint density at radius 2 is 1.41 bits per heavy atom. The minimum atomic E-state index is -4.33. The van der Waals surface area contributed by atoms with Crippen LogP contribution in [0.2, 0.25) is 0 Å². The standard InChI is InChI=1S/C34H30N8O6S/c1-18-14-21(4-11-27(18)39-38-24-8-13-30(43)26(17-24)34(44)45)22-5-12-28(19(2)15-22)40-42-33-31(35)20(3)16-29(32(33)36)41-37-23-6-9-25(10-7-23)49(46,47)48/h4-17,39H,35-36H2,1-3H3,(H,44,45)(H,46,47,48)/b38-24-,41-37?,42-40?. The second kappa shape index (κ2) is 13.8. The van der Waals surface area contributed by atoms with Gasteiger partial charge in [-0.2, -0.15) is 23.7 Å². The maximum Gasteiger partial charge on any atom is 0.339 e. The predicted molar refractivity (Wildman–Crippen MR) is 187 cm³/mol. The number of carboxylic acids is 1. The first-order valence-electron chi connectivity index (χ1n) is 14.5. The van der Waals surface area contributed by atoms with Crippen molar-refractivity contribution in [2.45, 2.75) is 25.7 Å². The zero-order chi connectivity index (χ0) is 35.5. The summed E-state index contributed by atoms with van der Waals surface area (Å²) in [5, 5.41) is 30.5. The Bertz CT molecular complexity index is 2270. The Balaban J connectivity index is 1.33. The minimum absolute atomic E-state index is 0.153. The van der Waals surface area contributed by atoms with Gasteiger partial charge in [0.05, 0.1) is 39.0 Å². The van der Waals surface area contributed by atoms with Gasteiger partial charge in [-0.15, -0.1) is 10.2 Å². The smallest absolute Gasteiger partial charge is 0.339 e. The fraction of sp³-hybridized carbons (Fsp3) is 0.0882. The first-order chi connectivity index (χ1) is 23.2. The Labute approximate surface area is 281 Å². The fourth-order valence-electron chi connectivity index (χ4n) is 4.70. The summed E-state index contributed by atoms with van der Waals surface area (Å²) in [7, 11) is -4.33. The lowest BCUT2D eigenvalue weighted by molar-refractivity contribution is -0.134. The van der Waals surface area contributed by atoms with E-state index in [0.29, 0.717) is 34.0 Å². The highest BCUT2D eigenvalue weighted by Gasteiger charge is 2.19. The van der Waals surface area contributed by atoms with E-state index >= 15 is 0 Å². The fourth-order valence-corrected chi connectivity index (χ4v) is 5.18. The molecule has 7 N–H and O–H groups in total. The number of hydrogen-bond acceptors (Lipinski definition) is 12. The van der Waals surface area contributed by atoms with Gasteiger partial charge in [0.25, 0.3) is 10.1 Å². The van der Waals surface area contributed by atoms with E-state index < -0.39 is 21.9 Å². The van der Waals surface area contributed by atoms with E-state index in [2.05, 4.69) is 31.0 Å². The molecule has 0 spiro atoms. The van der Waals surface area contributed by atoms with Gasteiger partial charge in [-0.05, 0) is 121 Å². The van der Waals surface area contributed by atoms with Gasteiger partial charge in [0.1, 0.15) is 16.9 Å². The normalized spacial score (nSPS) is 14.2. The highest BCUT2D eigenvalue weighted by Crippen LogP contribution is 2.41. The van der Waals surface area contributed by atoms with Crippen molar-refractivity contribution in [3.8, 4) is 11.1 Å². The van der Waals surface area contributed by atoms with Gasteiger partial charge in [0.2, 0.25) is 0 Å². The van der Waals surface area contributed by atoms with Crippen LogP contribution in [0.25, 0.3) is 11.1 Å². The number of allylic oxidation sites excluding steroid dienone is 3. The molecule has 0 heterocycles. The highest BCUT2D eigenvalue weighted by molar-refractivity contribution is 7.85. The zero-order valence-electron chi connectivity index (χ0n) is 26.4. The number of rotatable bonds is 9. The van der Waals surface area contributed by atoms with E-state index in [1.807, 2.05) is 50.2 Å². The molecule has 14 nitrogen and oxygen atoms in total. The summed E-state index contributed by atoms with van der Waals surface area (Å²) in [4.78, 5) is 22.7. The number of benzene rings is 4. The maximum atomic E-state index is 11.7. The topological polar surface area (TPSA) is 235 Å². The largest absolute Gasteiger partial charge is 0.478 e. The number of ketones is 1. The molecule has 0 saturated heterocycles. The first kappa shape index (κ1) is 34.0. The van der Waals surface area contributed by atoms with Crippen molar-refractivity contribution in [1.29, 1.82) is 0 Å². The van der Waals surface area contributed by atoms with Crippen LogP contribution in [-0.2, 0) is 19.7 Å². The van der Waals surface area contributed by atoms with Crippen LogP contribution in [0.3, 0.4) is 0 Å². The number of carboxylic acid groups (broad SMARTS) is 1. The van der Waals surface area contributed by atoms with E-state index in [-0.39, 0.29) is 27.5 Å². The third kappa shape index (κ3) is 7.81. The third-order valence-corrected chi connectivity index (χ3v) is 8.35. The molecule has 0 saturated carbocycles. The SMILES string of the molecule is Cc1cc(-c2ccc(N/N=C3/C=CC(=O)C(C(=O)O)=C3)c(C)c2)ccc1N=Nc1c(N)c(C)cc(N=Nc2ccc(S(=O)(=O)O)cc2)c1N. The van der Waals surface area contributed by atoms with Gasteiger partial charge in [-0.3, -0.25) is 14.8 Å². The van der Waals surface area contributed by atoms with Gasteiger partial charge in [0.15, 0.2) is 5.78 Å². The summed E-state index contributed by atoms with van der Waals surface area (Å²) >= 11 is 0. The van der Waals surface area contributed by atoms with Crippen molar-refractivity contribution in [1.82, 2.24) is 0 Å². The lowest BCUT2D eigenvalue weighted by atomic mass is 10.00. The molecule has 0 radical (unpaired) electrons. The third-order valence-electron chi connectivity index (χ3n) is 7.49. The zero-order valence-corrected chi connectivity index (χ0v) is 27.2. The lowest BCUT2D eigenvalue weighted by Crippen LogP contribution is -2.16. The number of nitrogens with zero attached hydrogens (tertiary/aromatic N) is 5. The van der Waals surface area contributed by atoms with E-state index in [4.69, 9.17) is 16.0 Å². The molecular formula is C34H30N8O6S. The van der Waals surface area contributed by atoms with Gasteiger partial charge >= 0.3 is 5.97 Å². The van der Waals surface area contributed by atoms with E-state index in [9.17, 15) is 23.1 Å². The molecule has 0 atom stereocenters. The monoisotopic (exact) mass is 678 g/mol. The summed E-state index contributed by atoms with van der Waals surface area (Å²) in [6.45, 7) is 5.57. The second-order valence-corrected chi connectivity index (χ2v) is 12.4. The number of aryl methyl sites for hydroxylation is 3. The number of hydrogen-bond donors (Lipinski definition) is 5. The Morgan fingerprint density at radius 1 is 0.755 bits per heavy atom. The molecule has 0 aliphatic heterocycles.